The van der Waals surface area contributed by atoms with Crippen LogP contribution in [0, 0.1) is 5.92 Å². The zero-order valence-electron chi connectivity index (χ0n) is 16.1. The van der Waals surface area contributed by atoms with Crippen molar-refractivity contribution in [3.63, 3.8) is 0 Å². The van der Waals surface area contributed by atoms with Crippen LogP contribution in [0.5, 0.6) is 5.75 Å². The SMILES string of the molecule is CCCc1ccc(N2CC(C(=O)Nc3cc(OC)ccc3N)CC2=O)cc1.Cl. The van der Waals surface area contributed by atoms with Gasteiger partial charge in [-0.05, 0) is 36.2 Å². The van der Waals surface area contributed by atoms with E-state index >= 15 is 0 Å². The van der Waals surface area contributed by atoms with Crippen LogP contribution in [0.25, 0.3) is 0 Å². The monoisotopic (exact) mass is 403 g/mol. The predicted octanol–water partition coefficient (Wildman–Crippen LogP) is 3.64. The maximum Gasteiger partial charge on any atom is 0.229 e. The molecule has 6 nitrogen and oxygen atoms in total. The van der Waals surface area contributed by atoms with E-state index in [0.29, 0.717) is 23.7 Å². The number of hydrogen-bond acceptors (Lipinski definition) is 4. The van der Waals surface area contributed by atoms with Crippen LogP contribution in [0.15, 0.2) is 42.5 Å². The summed E-state index contributed by atoms with van der Waals surface area (Å²) in [4.78, 5) is 26.7. The second kappa shape index (κ2) is 9.46. The van der Waals surface area contributed by atoms with Gasteiger partial charge < -0.3 is 20.7 Å². The number of hydrogen-bond donors (Lipinski definition) is 2. The molecule has 2 amide bonds. The van der Waals surface area contributed by atoms with Crippen molar-refractivity contribution >= 4 is 41.3 Å². The average Bonchev–Trinajstić information content (AvgIpc) is 3.06. The Labute approximate surface area is 171 Å². The number of carbonyl (C=O) groups is 2. The fourth-order valence-corrected chi connectivity index (χ4v) is 3.27. The minimum atomic E-state index is -0.418. The highest BCUT2D eigenvalue weighted by molar-refractivity contribution is 6.04. The summed E-state index contributed by atoms with van der Waals surface area (Å²) in [5, 5.41) is 2.82. The summed E-state index contributed by atoms with van der Waals surface area (Å²) in [6.45, 7) is 2.50. The molecule has 1 saturated heterocycles. The normalized spacial score (nSPS) is 15.9. The highest BCUT2D eigenvalue weighted by Crippen LogP contribution is 2.29. The van der Waals surface area contributed by atoms with Gasteiger partial charge in [0.1, 0.15) is 5.75 Å². The molecule has 28 heavy (non-hydrogen) atoms. The number of anilines is 3. The Kier molecular flexibility index (Phi) is 7.29. The molecule has 7 heteroatoms. The molecule has 1 aliphatic heterocycles. The number of nitrogen functional groups attached to an aromatic ring is 1. The zero-order valence-corrected chi connectivity index (χ0v) is 16.9. The van der Waals surface area contributed by atoms with Crippen LogP contribution in [-0.2, 0) is 16.0 Å². The molecule has 3 N–H and O–H groups in total. The molecular formula is C21H26ClN3O3. The lowest BCUT2D eigenvalue weighted by atomic mass is 10.1. The number of rotatable bonds is 6. The molecule has 1 fully saturated rings. The Morgan fingerprint density at radius 3 is 2.61 bits per heavy atom. The first-order valence-electron chi connectivity index (χ1n) is 9.15. The van der Waals surface area contributed by atoms with Gasteiger partial charge in [-0.1, -0.05) is 25.5 Å². The summed E-state index contributed by atoms with van der Waals surface area (Å²) < 4.78 is 5.17. The van der Waals surface area contributed by atoms with Crippen molar-refractivity contribution in [1.29, 1.82) is 0 Å². The Hall–Kier alpha value is -2.73. The Morgan fingerprint density at radius 1 is 1.25 bits per heavy atom. The fraction of sp³-hybridized carbons (Fsp3) is 0.333. The number of halogens is 1. The number of methoxy groups -OCH3 is 1. The van der Waals surface area contributed by atoms with Crippen LogP contribution in [0.3, 0.4) is 0 Å². The molecule has 0 saturated carbocycles. The van der Waals surface area contributed by atoms with Crippen molar-refractivity contribution in [2.45, 2.75) is 26.2 Å². The van der Waals surface area contributed by atoms with Gasteiger partial charge >= 0.3 is 0 Å². The van der Waals surface area contributed by atoms with Gasteiger partial charge in [-0.25, -0.2) is 0 Å². The largest absolute Gasteiger partial charge is 0.497 e. The molecule has 2 aromatic rings. The number of aryl methyl sites for hydroxylation is 1. The van der Waals surface area contributed by atoms with Crippen molar-refractivity contribution in [1.82, 2.24) is 0 Å². The molecule has 2 aromatic carbocycles. The number of amides is 2. The van der Waals surface area contributed by atoms with E-state index in [1.807, 2.05) is 24.3 Å². The number of carbonyl (C=O) groups excluding carboxylic acids is 2. The van der Waals surface area contributed by atoms with E-state index in [1.165, 1.54) is 5.56 Å². The lowest BCUT2D eigenvalue weighted by molar-refractivity contribution is -0.122. The minimum absolute atomic E-state index is 0. The van der Waals surface area contributed by atoms with E-state index in [1.54, 1.807) is 30.2 Å². The van der Waals surface area contributed by atoms with Gasteiger partial charge in [0, 0.05) is 24.7 Å². The van der Waals surface area contributed by atoms with Crippen molar-refractivity contribution in [2.75, 3.05) is 29.6 Å². The van der Waals surface area contributed by atoms with Crippen LogP contribution < -0.4 is 20.7 Å². The Morgan fingerprint density at radius 2 is 1.96 bits per heavy atom. The number of nitrogens with one attached hydrogen (secondary N) is 1. The minimum Gasteiger partial charge on any atom is -0.497 e. The first kappa shape index (κ1) is 21.6. The van der Waals surface area contributed by atoms with Crippen molar-refractivity contribution in [2.24, 2.45) is 5.92 Å². The van der Waals surface area contributed by atoms with Gasteiger partial charge in [-0.2, -0.15) is 0 Å². The summed E-state index contributed by atoms with van der Waals surface area (Å²) in [7, 11) is 1.55. The second-order valence-electron chi connectivity index (χ2n) is 6.76. The van der Waals surface area contributed by atoms with Crippen molar-refractivity contribution in [3.8, 4) is 5.75 Å². The molecule has 150 valence electrons. The summed E-state index contributed by atoms with van der Waals surface area (Å²) >= 11 is 0. The smallest absolute Gasteiger partial charge is 0.229 e. The Bertz CT molecular complexity index is 839. The molecule has 0 aliphatic carbocycles. The molecular weight excluding hydrogens is 378 g/mol. The highest BCUT2D eigenvalue weighted by Gasteiger charge is 2.35. The van der Waals surface area contributed by atoms with Gasteiger partial charge in [0.15, 0.2) is 0 Å². The summed E-state index contributed by atoms with van der Waals surface area (Å²) in [5.41, 5.74) is 8.95. The fourth-order valence-electron chi connectivity index (χ4n) is 3.27. The van der Waals surface area contributed by atoms with Gasteiger partial charge in [-0.3, -0.25) is 9.59 Å². The van der Waals surface area contributed by atoms with Crippen LogP contribution in [-0.4, -0.2) is 25.5 Å². The molecule has 3 rings (SSSR count). The first-order valence-corrected chi connectivity index (χ1v) is 9.15. The summed E-state index contributed by atoms with van der Waals surface area (Å²) in [6.07, 6.45) is 2.28. The van der Waals surface area contributed by atoms with Crippen LogP contribution in [0.4, 0.5) is 17.1 Å². The van der Waals surface area contributed by atoms with E-state index in [-0.39, 0.29) is 30.6 Å². The molecule has 1 heterocycles. The average molecular weight is 404 g/mol. The lowest BCUT2D eigenvalue weighted by Gasteiger charge is -2.17. The molecule has 0 radical (unpaired) electrons. The van der Waals surface area contributed by atoms with E-state index in [4.69, 9.17) is 10.5 Å². The van der Waals surface area contributed by atoms with E-state index < -0.39 is 5.92 Å². The predicted molar refractivity (Wildman–Crippen MR) is 114 cm³/mol. The zero-order chi connectivity index (χ0) is 19.4. The van der Waals surface area contributed by atoms with E-state index in [0.717, 1.165) is 18.5 Å². The van der Waals surface area contributed by atoms with Crippen molar-refractivity contribution < 1.29 is 14.3 Å². The van der Waals surface area contributed by atoms with E-state index in [9.17, 15) is 9.59 Å². The summed E-state index contributed by atoms with van der Waals surface area (Å²) in [6, 6.07) is 13.1. The van der Waals surface area contributed by atoms with Crippen LogP contribution >= 0.6 is 12.4 Å². The quantitative estimate of drug-likeness (QED) is 0.721. The molecule has 0 bridgehead atoms. The topological polar surface area (TPSA) is 84.7 Å². The van der Waals surface area contributed by atoms with Crippen LogP contribution in [0.2, 0.25) is 0 Å². The van der Waals surface area contributed by atoms with Crippen molar-refractivity contribution in [3.05, 3.63) is 48.0 Å². The third-order valence-electron chi connectivity index (χ3n) is 4.80. The summed E-state index contributed by atoms with van der Waals surface area (Å²) in [5.74, 6) is -0.0698. The first-order chi connectivity index (χ1) is 13.0. The number of ether oxygens (including phenoxy) is 1. The third-order valence-corrected chi connectivity index (χ3v) is 4.80. The molecule has 0 aromatic heterocycles. The Balaban J connectivity index is 0.00000280. The van der Waals surface area contributed by atoms with Gasteiger partial charge in [0.05, 0.1) is 24.4 Å². The number of nitrogens with zero attached hydrogens (tertiary/aromatic N) is 1. The maximum atomic E-state index is 12.6. The van der Waals surface area contributed by atoms with Gasteiger partial charge in [0.25, 0.3) is 0 Å². The lowest BCUT2D eigenvalue weighted by Crippen LogP contribution is -2.28. The molecule has 1 atom stereocenters. The second-order valence-corrected chi connectivity index (χ2v) is 6.76. The molecule has 0 spiro atoms. The highest BCUT2D eigenvalue weighted by atomic mass is 35.5. The number of benzene rings is 2. The third kappa shape index (κ3) is 4.75. The standard InChI is InChI=1S/C21H25N3O3.ClH/c1-3-4-14-5-7-16(8-6-14)24-13-15(11-20(24)25)21(26)23-19-12-17(27-2)9-10-18(19)22;/h5-10,12,15H,3-4,11,13,22H2,1-2H3,(H,23,26);1H. The van der Waals surface area contributed by atoms with Gasteiger partial charge in [0.2, 0.25) is 11.8 Å². The van der Waals surface area contributed by atoms with E-state index in [2.05, 4.69) is 12.2 Å². The number of nitrogens with two attached hydrogens (primary N) is 1. The maximum absolute atomic E-state index is 12.6. The molecule has 1 aliphatic rings. The molecule has 1 unspecified atom stereocenters. The van der Waals surface area contributed by atoms with Crippen LogP contribution in [0.1, 0.15) is 25.3 Å². The van der Waals surface area contributed by atoms with Gasteiger partial charge in [-0.15, -0.1) is 12.4 Å².